The van der Waals surface area contributed by atoms with E-state index in [1.807, 2.05) is 0 Å². The highest BCUT2D eigenvalue weighted by Gasteiger charge is 2.15. The molecule has 1 aromatic heterocycles. The number of Topliss-reactive ketones (excluding diaryl/α,β-unsaturated/α-hetero) is 1. The second-order valence-corrected chi connectivity index (χ2v) is 3.41. The molecule has 0 amide bonds. The molecule has 15 heavy (non-hydrogen) atoms. The van der Waals surface area contributed by atoms with Crippen molar-refractivity contribution in [3.63, 3.8) is 0 Å². The Morgan fingerprint density at radius 3 is 2.93 bits per heavy atom. The molecule has 4 heteroatoms. The van der Waals surface area contributed by atoms with Gasteiger partial charge >= 0.3 is 0 Å². The summed E-state index contributed by atoms with van der Waals surface area (Å²) in [6.45, 7) is 1.67. The van der Waals surface area contributed by atoms with Crippen LogP contribution in [0.25, 0.3) is 10.9 Å². The summed E-state index contributed by atoms with van der Waals surface area (Å²) in [4.78, 5) is 14.4. The van der Waals surface area contributed by atoms with Gasteiger partial charge in [-0.3, -0.25) is 4.79 Å². The predicted molar refractivity (Wildman–Crippen MR) is 56.4 cm³/mol. The number of hydrogen-bond donors (Lipinski definition) is 2. The first kappa shape index (κ1) is 9.86. The Hall–Kier alpha value is -1.68. The number of aromatic amines is 1. The summed E-state index contributed by atoms with van der Waals surface area (Å²) < 4.78 is 13.4. The zero-order chi connectivity index (χ0) is 11.0. The van der Waals surface area contributed by atoms with Crippen molar-refractivity contribution in [2.45, 2.75) is 6.92 Å². The average Bonchev–Trinajstić information content (AvgIpc) is 2.55. The van der Waals surface area contributed by atoms with Crippen LogP contribution in [0, 0.1) is 12.7 Å². The number of halogens is 1. The maximum absolute atomic E-state index is 13.4. The number of benzene rings is 1. The van der Waals surface area contributed by atoms with Crippen molar-refractivity contribution in [2.24, 2.45) is 5.73 Å². The monoisotopic (exact) mass is 206 g/mol. The van der Waals surface area contributed by atoms with Gasteiger partial charge in [0.15, 0.2) is 5.78 Å². The summed E-state index contributed by atoms with van der Waals surface area (Å²) in [5.41, 5.74) is 6.82. The summed E-state index contributed by atoms with van der Waals surface area (Å²) in [7, 11) is 0. The molecular formula is C11H11FN2O. The van der Waals surface area contributed by atoms with Gasteiger partial charge in [0.1, 0.15) is 5.82 Å². The van der Waals surface area contributed by atoms with Crippen LogP contribution in [0.5, 0.6) is 0 Å². The molecule has 0 aliphatic heterocycles. The molecular weight excluding hydrogens is 195 g/mol. The van der Waals surface area contributed by atoms with Crippen molar-refractivity contribution in [1.82, 2.24) is 4.98 Å². The van der Waals surface area contributed by atoms with E-state index in [2.05, 4.69) is 4.98 Å². The maximum atomic E-state index is 13.4. The standard InChI is InChI=1S/C11H11FN2O/c1-6-10(9(15)5-13)7-3-2-4-8(12)11(7)14-6/h2-4,14H,5,13H2,1H3. The van der Waals surface area contributed by atoms with Crippen molar-refractivity contribution in [2.75, 3.05) is 6.54 Å². The molecule has 0 aliphatic rings. The lowest BCUT2D eigenvalue weighted by atomic mass is 10.1. The third-order valence-corrected chi connectivity index (χ3v) is 2.43. The van der Waals surface area contributed by atoms with Crippen LogP contribution in [-0.4, -0.2) is 17.3 Å². The second kappa shape index (κ2) is 3.47. The van der Waals surface area contributed by atoms with E-state index in [0.717, 1.165) is 0 Å². The maximum Gasteiger partial charge on any atom is 0.178 e. The molecule has 0 aliphatic carbocycles. The highest BCUT2D eigenvalue weighted by atomic mass is 19.1. The molecule has 0 bridgehead atoms. The van der Waals surface area contributed by atoms with Crippen LogP contribution in [0.15, 0.2) is 18.2 Å². The zero-order valence-electron chi connectivity index (χ0n) is 8.30. The molecule has 0 saturated carbocycles. The number of hydrogen-bond acceptors (Lipinski definition) is 2. The third kappa shape index (κ3) is 1.43. The highest BCUT2D eigenvalue weighted by molar-refractivity contribution is 6.10. The number of aryl methyl sites for hydroxylation is 1. The Labute approximate surface area is 86.1 Å². The summed E-state index contributed by atoms with van der Waals surface area (Å²) in [5.74, 6) is -0.531. The smallest absolute Gasteiger partial charge is 0.178 e. The minimum Gasteiger partial charge on any atom is -0.356 e. The second-order valence-electron chi connectivity index (χ2n) is 3.41. The Morgan fingerprint density at radius 2 is 2.27 bits per heavy atom. The van der Waals surface area contributed by atoms with Crippen LogP contribution >= 0.6 is 0 Å². The lowest BCUT2D eigenvalue weighted by Gasteiger charge is -1.97. The number of fused-ring (bicyclic) bond motifs is 1. The molecule has 2 aromatic rings. The summed E-state index contributed by atoms with van der Waals surface area (Å²) >= 11 is 0. The van der Waals surface area contributed by atoms with E-state index in [4.69, 9.17) is 5.73 Å². The molecule has 0 spiro atoms. The Morgan fingerprint density at radius 1 is 1.53 bits per heavy atom. The molecule has 1 heterocycles. The van der Waals surface area contributed by atoms with Gasteiger partial charge < -0.3 is 10.7 Å². The SMILES string of the molecule is Cc1[nH]c2c(F)cccc2c1C(=O)CN. The van der Waals surface area contributed by atoms with Crippen LogP contribution in [0.4, 0.5) is 4.39 Å². The summed E-state index contributed by atoms with van der Waals surface area (Å²) in [5, 5.41) is 0.600. The fraction of sp³-hybridized carbons (Fsp3) is 0.182. The van der Waals surface area contributed by atoms with Crippen LogP contribution in [0.2, 0.25) is 0 Å². The van der Waals surface area contributed by atoms with Gasteiger partial charge in [0.2, 0.25) is 0 Å². The van der Waals surface area contributed by atoms with Crippen molar-refractivity contribution < 1.29 is 9.18 Å². The zero-order valence-corrected chi connectivity index (χ0v) is 8.30. The first-order chi connectivity index (χ1) is 7.15. The fourth-order valence-electron chi connectivity index (χ4n) is 1.77. The largest absolute Gasteiger partial charge is 0.356 e. The number of rotatable bonds is 2. The molecule has 0 atom stereocenters. The number of carbonyl (C=O) groups is 1. The number of nitrogens with two attached hydrogens (primary N) is 1. The van der Waals surface area contributed by atoms with Crippen LogP contribution in [0.1, 0.15) is 16.1 Å². The quantitative estimate of drug-likeness (QED) is 0.735. The van der Waals surface area contributed by atoms with Gasteiger partial charge in [-0.1, -0.05) is 12.1 Å². The minimum atomic E-state index is -0.355. The number of H-pyrrole nitrogens is 1. The molecule has 3 N–H and O–H groups in total. The predicted octanol–water partition coefficient (Wildman–Crippen LogP) is 1.76. The van der Waals surface area contributed by atoms with Crippen molar-refractivity contribution >= 4 is 16.7 Å². The first-order valence-electron chi connectivity index (χ1n) is 4.65. The van der Waals surface area contributed by atoms with Crippen LogP contribution in [0.3, 0.4) is 0 Å². The molecule has 0 saturated heterocycles. The van der Waals surface area contributed by atoms with Gasteiger partial charge in [0.05, 0.1) is 12.1 Å². The van der Waals surface area contributed by atoms with E-state index in [9.17, 15) is 9.18 Å². The van der Waals surface area contributed by atoms with Crippen molar-refractivity contribution in [3.05, 3.63) is 35.3 Å². The molecule has 3 nitrogen and oxygen atoms in total. The molecule has 0 unspecified atom stereocenters. The van der Waals surface area contributed by atoms with Crippen molar-refractivity contribution in [1.29, 1.82) is 0 Å². The van der Waals surface area contributed by atoms with E-state index in [1.165, 1.54) is 6.07 Å². The third-order valence-electron chi connectivity index (χ3n) is 2.43. The Balaban J connectivity index is 2.79. The van der Waals surface area contributed by atoms with Gasteiger partial charge in [0, 0.05) is 16.6 Å². The van der Waals surface area contributed by atoms with E-state index < -0.39 is 0 Å². The van der Waals surface area contributed by atoms with Gasteiger partial charge in [-0.15, -0.1) is 0 Å². The Bertz CT molecular complexity index is 531. The molecule has 0 fully saturated rings. The number of carbonyl (C=O) groups excluding carboxylic acids is 1. The number of nitrogens with one attached hydrogen (secondary N) is 1. The summed E-state index contributed by atoms with van der Waals surface area (Å²) in [6, 6.07) is 4.65. The van der Waals surface area contributed by atoms with Crippen molar-refractivity contribution in [3.8, 4) is 0 Å². The van der Waals surface area contributed by atoms with Gasteiger partial charge in [-0.25, -0.2) is 4.39 Å². The normalized spacial score (nSPS) is 10.9. The van der Waals surface area contributed by atoms with Gasteiger partial charge in [0.25, 0.3) is 0 Å². The Kier molecular flexibility index (Phi) is 2.28. The van der Waals surface area contributed by atoms with Crippen LogP contribution < -0.4 is 5.73 Å². The number of para-hydroxylation sites is 1. The van der Waals surface area contributed by atoms with Gasteiger partial charge in [-0.2, -0.15) is 0 Å². The molecule has 2 rings (SSSR count). The van der Waals surface area contributed by atoms with E-state index in [1.54, 1.807) is 19.1 Å². The number of aromatic nitrogens is 1. The minimum absolute atomic E-state index is 0.0652. The van der Waals surface area contributed by atoms with Gasteiger partial charge in [-0.05, 0) is 13.0 Å². The molecule has 78 valence electrons. The average molecular weight is 206 g/mol. The van der Waals surface area contributed by atoms with E-state index in [-0.39, 0.29) is 18.1 Å². The fourth-order valence-corrected chi connectivity index (χ4v) is 1.77. The first-order valence-corrected chi connectivity index (χ1v) is 4.65. The highest BCUT2D eigenvalue weighted by Crippen LogP contribution is 2.24. The molecule has 1 aromatic carbocycles. The van der Waals surface area contributed by atoms with E-state index in [0.29, 0.717) is 22.2 Å². The van der Waals surface area contributed by atoms with Crippen LogP contribution in [-0.2, 0) is 0 Å². The lowest BCUT2D eigenvalue weighted by molar-refractivity contribution is 0.100. The number of ketones is 1. The summed E-state index contributed by atoms with van der Waals surface area (Å²) in [6.07, 6.45) is 0. The van der Waals surface area contributed by atoms with E-state index >= 15 is 0 Å². The molecule has 0 radical (unpaired) electrons. The topological polar surface area (TPSA) is 58.9 Å². The lowest BCUT2D eigenvalue weighted by Crippen LogP contribution is -2.14.